The average Bonchev–Trinajstić information content (AvgIpc) is 3.20. The third kappa shape index (κ3) is 5.15. The van der Waals surface area contributed by atoms with Gasteiger partial charge in [-0.3, -0.25) is 15.4 Å². The molecule has 1 aliphatic heterocycles. The summed E-state index contributed by atoms with van der Waals surface area (Å²) in [5, 5.41) is 32.6. The van der Waals surface area contributed by atoms with Crippen molar-refractivity contribution in [2.45, 2.75) is 45.1 Å². The van der Waals surface area contributed by atoms with Gasteiger partial charge in [-0.25, -0.2) is 24.1 Å². The number of non-ortho nitro benzene ring substituents is 1. The highest BCUT2D eigenvalue weighted by atomic mass is 16.6. The van der Waals surface area contributed by atoms with Crippen LogP contribution in [-0.2, 0) is 15.9 Å². The molecule has 36 heavy (non-hydrogen) atoms. The van der Waals surface area contributed by atoms with Gasteiger partial charge in [-0.1, -0.05) is 12.1 Å². The van der Waals surface area contributed by atoms with Crippen molar-refractivity contribution in [2.75, 3.05) is 18.5 Å². The summed E-state index contributed by atoms with van der Waals surface area (Å²) in [6.45, 7) is 2.96. The second-order valence-corrected chi connectivity index (χ2v) is 8.23. The molecule has 1 aromatic carbocycles. The number of benzene rings is 1. The van der Waals surface area contributed by atoms with Crippen LogP contribution >= 0.6 is 0 Å². The van der Waals surface area contributed by atoms with E-state index < -0.39 is 41.7 Å². The summed E-state index contributed by atoms with van der Waals surface area (Å²) in [5.41, 5.74) is 1.20. The zero-order valence-electron chi connectivity index (χ0n) is 19.4. The van der Waals surface area contributed by atoms with Crippen LogP contribution in [0.25, 0.3) is 11.2 Å². The van der Waals surface area contributed by atoms with Crippen molar-refractivity contribution in [3.63, 3.8) is 0 Å². The number of aliphatic hydroxyl groups is 2. The van der Waals surface area contributed by atoms with E-state index in [1.54, 1.807) is 26.0 Å². The van der Waals surface area contributed by atoms with E-state index in [1.807, 2.05) is 0 Å². The average molecular weight is 500 g/mol. The van der Waals surface area contributed by atoms with Crippen molar-refractivity contribution in [3.8, 4) is 0 Å². The van der Waals surface area contributed by atoms with Crippen LogP contribution in [0.3, 0.4) is 0 Å². The van der Waals surface area contributed by atoms with Crippen LogP contribution in [0.2, 0.25) is 0 Å². The van der Waals surface area contributed by atoms with Gasteiger partial charge in [-0.05, 0) is 19.4 Å². The lowest BCUT2D eigenvalue weighted by atomic mass is 10.1. The normalized spacial score (nSPS) is 19.4. The molecular weight excluding hydrogens is 476 g/mol. The summed E-state index contributed by atoms with van der Waals surface area (Å²) in [5.74, 6) is -0.153. The van der Waals surface area contributed by atoms with E-state index in [0.717, 1.165) is 10.1 Å². The quantitative estimate of drug-likeness (QED) is 0.311. The van der Waals surface area contributed by atoms with E-state index >= 15 is 0 Å². The summed E-state index contributed by atoms with van der Waals surface area (Å²) < 4.78 is 11.9. The highest BCUT2D eigenvalue weighted by Crippen LogP contribution is 2.30. The number of nitro groups is 1. The Kier molecular flexibility index (Phi) is 7.19. The van der Waals surface area contributed by atoms with Gasteiger partial charge < -0.3 is 19.7 Å². The number of hydrogen-bond donors (Lipinski definition) is 3. The second kappa shape index (κ2) is 10.3. The van der Waals surface area contributed by atoms with Crippen LogP contribution in [0.15, 0.2) is 29.1 Å². The number of nitrogens with one attached hydrogen (secondary N) is 1. The Morgan fingerprint density at radius 1 is 1.25 bits per heavy atom. The number of aryl methyl sites for hydroxylation is 2. The third-order valence-corrected chi connectivity index (χ3v) is 5.82. The highest BCUT2D eigenvalue weighted by Gasteiger charge is 2.36. The number of fused-ring (bicyclic) bond motifs is 1. The molecular formula is C22H24N6O8. The van der Waals surface area contributed by atoms with Gasteiger partial charge in [-0.2, -0.15) is 4.98 Å². The predicted octanol–water partition coefficient (Wildman–Crippen LogP) is 1.14. The molecule has 0 unspecified atom stereocenters. The number of aliphatic hydroxyl groups excluding tert-OH is 2. The SMILES string of the molecule is Cc1nc2c(NC(=O)OCCc3ccc([N+](=O)[O-])cc3)nc(=O)n([C@H]3C[C@H](O)[C@@H](CO)O3)c2nc1C. The second-order valence-electron chi connectivity index (χ2n) is 8.23. The van der Waals surface area contributed by atoms with Crippen LogP contribution in [0.4, 0.5) is 16.3 Å². The van der Waals surface area contributed by atoms with Crippen molar-refractivity contribution in [1.29, 1.82) is 0 Å². The van der Waals surface area contributed by atoms with E-state index in [9.17, 15) is 29.9 Å². The van der Waals surface area contributed by atoms with Gasteiger partial charge in [-0.15, -0.1) is 0 Å². The summed E-state index contributed by atoms with van der Waals surface area (Å²) in [6.07, 6.45) is -3.31. The molecule has 3 atom stereocenters. The zero-order chi connectivity index (χ0) is 26.0. The van der Waals surface area contributed by atoms with Crippen LogP contribution in [-0.4, -0.2) is 66.2 Å². The largest absolute Gasteiger partial charge is 0.449 e. The molecule has 1 aliphatic rings. The van der Waals surface area contributed by atoms with Crippen molar-refractivity contribution in [3.05, 3.63) is 61.8 Å². The maximum atomic E-state index is 12.9. The van der Waals surface area contributed by atoms with Crippen LogP contribution < -0.4 is 11.0 Å². The molecule has 14 heteroatoms. The van der Waals surface area contributed by atoms with E-state index in [2.05, 4.69) is 20.3 Å². The fourth-order valence-corrected chi connectivity index (χ4v) is 3.77. The first-order valence-corrected chi connectivity index (χ1v) is 11.1. The number of rotatable bonds is 7. The molecule has 190 valence electrons. The zero-order valence-corrected chi connectivity index (χ0v) is 19.4. The van der Waals surface area contributed by atoms with Crippen LogP contribution in [0.1, 0.15) is 29.6 Å². The number of hydrogen-bond acceptors (Lipinski definition) is 11. The molecule has 0 bridgehead atoms. The molecule has 1 saturated heterocycles. The van der Waals surface area contributed by atoms with E-state index in [-0.39, 0.29) is 35.7 Å². The van der Waals surface area contributed by atoms with Gasteiger partial charge in [0.2, 0.25) is 0 Å². The first kappa shape index (κ1) is 25.1. The number of carbonyl (C=O) groups is 1. The summed E-state index contributed by atoms with van der Waals surface area (Å²) in [7, 11) is 0. The molecule has 14 nitrogen and oxygen atoms in total. The van der Waals surface area contributed by atoms with E-state index in [4.69, 9.17) is 9.47 Å². The lowest BCUT2D eigenvalue weighted by Gasteiger charge is -2.18. The lowest BCUT2D eigenvalue weighted by molar-refractivity contribution is -0.384. The molecule has 0 aliphatic carbocycles. The fourth-order valence-electron chi connectivity index (χ4n) is 3.77. The van der Waals surface area contributed by atoms with Crippen LogP contribution in [0, 0.1) is 24.0 Å². The molecule has 3 heterocycles. The van der Waals surface area contributed by atoms with Gasteiger partial charge in [0.15, 0.2) is 11.5 Å². The molecule has 0 saturated carbocycles. The van der Waals surface area contributed by atoms with Crippen molar-refractivity contribution >= 4 is 28.8 Å². The van der Waals surface area contributed by atoms with Gasteiger partial charge in [0.1, 0.15) is 17.8 Å². The van der Waals surface area contributed by atoms with Gasteiger partial charge >= 0.3 is 11.8 Å². The predicted molar refractivity (Wildman–Crippen MR) is 124 cm³/mol. The topological polar surface area (TPSA) is 192 Å². The molecule has 0 spiro atoms. The summed E-state index contributed by atoms with van der Waals surface area (Å²) in [4.78, 5) is 48.4. The summed E-state index contributed by atoms with van der Waals surface area (Å²) >= 11 is 0. The first-order valence-electron chi connectivity index (χ1n) is 11.1. The minimum absolute atomic E-state index is 0.0290. The fraction of sp³-hybridized carbons (Fsp3) is 0.409. The number of aromatic nitrogens is 4. The molecule has 4 rings (SSSR count). The smallest absolute Gasteiger partial charge is 0.412 e. The Bertz CT molecular complexity index is 1360. The molecule has 3 N–H and O–H groups in total. The Labute approximate surface area is 203 Å². The van der Waals surface area contributed by atoms with Crippen molar-refractivity contribution in [2.24, 2.45) is 0 Å². The first-order chi connectivity index (χ1) is 17.2. The molecule has 2 aromatic heterocycles. The van der Waals surface area contributed by atoms with Crippen molar-refractivity contribution in [1.82, 2.24) is 19.5 Å². The maximum absolute atomic E-state index is 12.9. The molecule has 1 fully saturated rings. The van der Waals surface area contributed by atoms with Crippen LogP contribution in [0.5, 0.6) is 0 Å². The lowest BCUT2D eigenvalue weighted by Crippen LogP contribution is -2.31. The number of nitro benzene ring substituents is 1. The maximum Gasteiger partial charge on any atom is 0.412 e. The van der Waals surface area contributed by atoms with Crippen molar-refractivity contribution < 1.29 is 29.4 Å². The molecule has 1 amide bonds. The van der Waals surface area contributed by atoms with E-state index in [0.29, 0.717) is 17.8 Å². The number of anilines is 1. The molecule has 0 radical (unpaired) electrons. The Morgan fingerprint density at radius 3 is 2.58 bits per heavy atom. The summed E-state index contributed by atoms with van der Waals surface area (Å²) in [6, 6.07) is 5.86. The number of ether oxygens (including phenoxy) is 2. The van der Waals surface area contributed by atoms with Gasteiger partial charge in [0.25, 0.3) is 5.69 Å². The Morgan fingerprint density at radius 2 is 1.94 bits per heavy atom. The minimum atomic E-state index is -0.981. The Hall–Kier alpha value is -4.01. The number of nitrogens with zero attached hydrogens (tertiary/aromatic N) is 5. The van der Waals surface area contributed by atoms with Gasteiger partial charge in [0.05, 0.1) is 35.6 Å². The van der Waals surface area contributed by atoms with Gasteiger partial charge in [0, 0.05) is 25.0 Å². The number of amides is 1. The highest BCUT2D eigenvalue weighted by molar-refractivity contribution is 5.93. The monoisotopic (exact) mass is 500 g/mol. The minimum Gasteiger partial charge on any atom is -0.449 e. The van der Waals surface area contributed by atoms with E-state index in [1.165, 1.54) is 12.1 Å². The third-order valence-electron chi connectivity index (χ3n) is 5.82. The number of carbonyl (C=O) groups excluding carboxylic acids is 1. The molecule has 3 aromatic rings. The Balaban J connectivity index is 1.54. The standard InChI is InChI=1S/C22H24N6O8/c1-11-12(2)24-20-18(23-11)19(25-21(31)27(20)17-9-15(30)16(10-29)36-17)26-22(32)35-8-7-13-3-5-14(6-4-13)28(33)34/h3-6,15-17,29-30H,7-10H2,1-2H3,(H,25,26,31,32)/t15-,16+,17+/m0/s1.